The molecule has 0 unspecified atom stereocenters. The first-order valence-corrected chi connectivity index (χ1v) is 7.07. The van der Waals surface area contributed by atoms with Gasteiger partial charge in [-0.15, -0.1) is 0 Å². The molecule has 0 spiro atoms. The minimum Gasteiger partial charge on any atom is -0.479 e. The van der Waals surface area contributed by atoms with Crippen LogP contribution in [0.25, 0.3) is 0 Å². The summed E-state index contributed by atoms with van der Waals surface area (Å²) in [6.45, 7) is 5.14. The molecule has 0 bridgehead atoms. The second-order valence-electron chi connectivity index (χ2n) is 5.10. The molecule has 0 saturated carbocycles. The standard InChI is InChI=1S/C18H20N2O/c1-14-3-7-17(8-4-14)15(2)20-13-16-5-9-18(10-6-16)21-12-11-19/h3-10,15,20H,12-13H2,1-2H3/t15-/m1/s1. The second-order valence-corrected chi connectivity index (χ2v) is 5.10. The van der Waals surface area contributed by atoms with Gasteiger partial charge in [-0.3, -0.25) is 0 Å². The first kappa shape index (κ1) is 15.1. The Balaban J connectivity index is 1.87. The van der Waals surface area contributed by atoms with Crippen molar-refractivity contribution in [1.29, 1.82) is 5.26 Å². The zero-order chi connectivity index (χ0) is 15.1. The molecule has 0 heterocycles. The smallest absolute Gasteiger partial charge is 0.174 e. The molecule has 3 nitrogen and oxygen atoms in total. The van der Waals surface area contributed by atoms with Crippen LogP contribution in [-0.2, 0) is 6.54 Å². The fourth-order valence-electron chi connectivity index (χ4n) is 2.06. The molecule has 0 aliphatic rings. The van der Waals surface area contributed by atoms with E-state index in [1.165, 1.54) is 16.7 Å². The Morgan fingerprint density at radius 2 is 1.76 bits per heavy atom. The van der Waals surface area contributed by atoms with Crippen molar-refractivity contribution in [2.45, 2.75) is 26.4 Å². The Labute approximate surface area is 126 Å². The summed E-state index contributed by atoms with van der Waals surface area (Å²) in [5.41, 5.74) is 3.76. The number of nitrogens with one attached hydrogen (secondary N) is 1. The normalized spacial score (nSPS) is 11.7. The number of hydrogen-bond donors (Lipinski definition) is 1. The topological polar surface area (TPSA) is 45.0 Å². The van der Waals surface area contributed by atoms with E-state index in [0.717, 1.165) is 12.3 Å². The number of nitriles is 1. The van der Waals surface area contributed by atoms with Crippen molar-refractivity contribution < 1.29 is 4.74 Å². The molecule has 0 aromatic heterocycles. The molecule has 2 aromatic rings. The molecular weight excluding hydrogens is 260 g/mol. The summed E-state index contributed by atoms with van der Waals surface area (Å²) >= 11 is 0. The van der Waals surface area contributed by atoms with Crippen LogP contribution in [0.1, 0.15) is 29.7 Å². The maximum absolute atomic E-state index is 8.47. The van der Waals surface area contributed by atoms with Gasteiger partial charge in [0.25, 0.3) is 0 Å². The van der Waals surface area contributed by atoms with Gasteiger partial charge in [0.05, 0.1) is 0 Å². The molecule has 1 atom stereocenters. The van der Waals surface area contributed by atoms with Crippen molar-refractivity contribution >= 4 is 0 Å². The summed E-state index contributed by atoms with van der Waals surface area (Å²) in [6.07, 6.45) is 0. The predicted molar refractivity (Wildman–Crippen MR) is 84.0 cm³/mol. The van der Waals surface area contributed by atoms with Gasteiger partial charge in [0.15, 0.2) is 6.61 Å². The number of benzene rings is 2. The van der Waals surface area contributed by atoms with E-state index in [1.807, 2.05) is 30.3 Å². The highest BCUT2D eigenvalue weighted by atomic mass is 16.5. The summed E-state index contributed by atoms with van der Waals surface area (Å²) in [6, 6.07) is 18.7. The molecule has 3 heteroatoms. The minimum atomic E-state index is 0.0854. The molecule has 2 rings (SSSR count). The largest absolute Gasteiger partial charge is 0.479 e. The Morgan fingerprint density at radius 3 is 2.38 bits per heavy atom. The molecule has 21 heavy (non-hydrogen) atoms. The van der Waals surface area contributed by atoms with Crippen LogP contribution in [0.5, 0.6) is 5.75 Å². The second kappa shape index (κ2) is 7.47. The van der Waals surface area contributed by atoms with Crippen LogP contribution in [0.4, 0.5) is 0 Å². The predicted octanol–water partition coefficient (Wildman–Crippen LogP) is 3.75. The van der Waals surface area contributed by atoms with Crippen molar-refractivity contribution in [3.8, 4) is 11.8 Å². The Kier molecular flexibility index (Phi) is 5.36. The molecule has 0 aliphatic carbocycles. The average Bonchev–Trinajstić information content (AvgIpc) is 2.52. The van der Waals surface area contributed by atoms with Crippen LogP contribution < -0.4 is 10.1 Å². The fourth-order valence-corrected chi connectivity index (χ4v) is 2.06. The Bertz CT molecular complexity index is 597. The summed E-state index contributed by atoms with van der Waals surface area (Å²) in [5.74, 6) is 0.729. The van der Waals surface area contributed by atoms with Gasteiger partial charge in [-0.05, 0) is 37.1 Å². The van der Waals surface area contributed by atoms with Crippen LogP contribution in [0.15, 0.2) is 48.5 Å². The lowest BCUT2D eigenvalue weighted by Gasteiger charge is -2.14. The van der Waals surface area contributed by atoms with Gasteiger partial charge < -0.3 is 10.1 Å². The number of aryl methyl sites for hydroxylation is 1. The van der Waals surface area contributed by atoms with Crippen molar-refractivity contribution in [2.24, 2.45) is 0 Å². The summed E-state index contributed by atoms with van der Waals surface area (Å²) in [5, 5.41) is 12.0. The van der Waals surface area contributed by atoms with Crippen molar-refractivity contribution in [3.63, 3.8) is 0 Å². The zero-order valence-electron chi connectivity index (χ0n) is 12.5. The van der Waals surface area contributed by atoms with Crippen LogP contribution in [-0.4, -0.2) is 6.61 Å². The first-order valence-electron chi connectivity index (χ1n) is 7.07. The molecule has 0 fully saturated rings. The average molecular weight is 280 g/mol. The van der Waals surface area contributed by atoms with Crippen LogP contribution in [0, 0.1) is 18.3 Å². The molecule has 0 saturated heterocycles. The third-order valence-electron chi connectivity index (χ3n) is 3.42. The molecule has 0 aliphatic heterocycles. The van der Waals surface area contributed by atoms with Gasteiger partial charge in [0.2, 0.25) is 0 Å². The van der Waals surface area contributed by atoms with Crippen molar-refractivity contribution in [3.05, 3.63) is 65.2 Å². The molecule has 108 valence electrons. The maximum atomic E-state index is 8.47. The Hall–Kier alpha value is -2.31. The zero-order valence-corrected chi connectivity index (χ0v) is 12.5. The minimum absolute atomic E-state index is 0.0854. The van der Waals surface area contributed by atoms with Crippen LogP contribution in [0.3, 0.4) is 0 Å². The monoisotopic (exact) mass is 280 g/mol. The van der Waals surface area contributed by atoms with E-state index in [4.69, 9.17) is 10.00 Å². The van der Waals surface area contributed by atoms with Gasteiger partial charge in [-0.25, -0.2) is 0 Å². The van der Waals surface area contributed by atoms with E-state index < -0.39 is 0 Å². The molecule has 0 amide bonds. The van der Waals surface area contributed by atoms with Gasteiger partial charge >= 0.3 is 0 Å². The lowest BCUT2D eigenvalue weighted by atomic mass is 10.1. The highest BCUT2D eigenvalue weighted by molar-refractivity contribution is 5.28. The number of rotatable bonds is 6. The summed E-state index contributed by atoms with van der Waals surface area (Å²) < 4.78 is 5.23. The van der Waals surface area contributed by atoms with E-state index >= 15 is 0 Å². The van der Waals surface area contributed by atoms with E-state index in [9.17, 15) is 0 Å². The quantitative estimate of drug-likeness (QED) is 0.876. The van der Waals surface area contributed by atoms with Crippen LogP contribution in [0.2, 0.25) is 0 Å². The lowest BCUT2D eigenvalue weighted by Crippen LogP contribution is -2.17. The van der Waals surface area contributed by atoms with E-state index in [2.05, 4.69) is 43.4 Å². The summed E-state index contributed by atoms with van der Waals surface area (Å²) in [4.78, 5) is 0. The molecule has 1 N–H and O–H groups in total. The number of hydrogen-bond acceptors (Lipinski definition) is 3. The van der Waals surface area contributed by atoms with Gasteiger partial charge in [0, 0.05) is 12.6 Å². The highest BCUT2D eigenvalue weighted by Gasteiger charge is 2.04. The van der Waals surface area contributed by atoms with Crippen LogP contribution >= 0.6 is 0 Å². The first-order chi connectivity index (χ1) is 10.2. The Morgan fingerprint density at radius 1 is 1.10 bits per heavy atom. The highest BCUT2D eigenvalue weighted by Crippen LogP contribution is 2.15. The third kappa shape index (κ3) is 4.62. The van der Waals surface area contributed by atoms with Gasteiger partial charge in [-0.1, -0.05) is 42.0 Å². The van der Waals surface area contributed by atoms with Gasteiger partial charge in [0.1, 0.15) is 11.8 Å². The van der Waals surface area contributed by atoms with Crippen molar-refractivity contribution in [1.82, 2.24) is 5.32 Å². The fraction of sp³-hybridized carbons (Fsp3) is 0.278. The van der Waals surface area contributed by atoms with E-state index in [-0.39, 0.29) is 6.61 Å². The van der Waals surface area contributed by atoms with E-state index in [1.54, 1.807) is 0 Å². The molecule has 2 aromatic carbocycles. The maximum Gasteiger partial charge on any atom is 0.174 e. The third-order valence-corrected chi connectivity index (χ3v) is 3.42. The number of ether oxygens (including phenoxy) is 1. The van der Waals surface area contributed by atoms with Crippen molar-refractivity contribution in [2.75, 3.05) is 6.61 Å². The number of nitrogens with zero attached hydrogens (tertiary/aromatic N) is 1. The summed E-state index contributed by atoms with van der Waals surface area (Å²) in [7, 11) is 0. The lowest BCUT2D eigenvalue weighted by molar-refractivity contribution is 0.368. The molecular formula is C18H20N2O. The van der Waals surface area contributed by atoms with E-state index in [0.29, 0.717) is 6.04 Å². The van der Waals surface area contributed by atoms with Gasteiger partial charge in [-0.2, -0.15) is 5.26 Å². The SMILES string of the molecule is Cc1ccc([C@@H](C)NCc2ccc(OCC#N)cc2)cc1. The molecule has 0 radical (unpaired) electrons.